The first-order valence-corrected chi connectivity index (χ1v) is 12.3. The normalized spacial score (nSPS) is 15.1. The highest BCUT2D eigenvalue weighted by Gasteiger charge is 2.32. The van der Waals surface area contributed by atoms with E-state index >= 15 is 0 Å². The summed E-state index contributed by atoms with van der Waals surface area (Å²) in [7, 11) is -3.98. The number of furan rings is 1. The Bertz CT molecular complexity index is 1490. The maximum atomic E-state index is 14.1. The van der Waals surface area contributed by atoms with Crippen LogP contribution in [0.1, 0.15) is 16.1 Å². The lowest BCUT2D eigenvalue weighted by Gasteiger charge is -2.34. The Kier molecular flexibility index (Phi) is 5.66. The van der Waals surface area contributed by atoms with Gasteiger partial charge in [-0.1, -0.05) is 30.3 Å². The van der Waals surface area contributed by atoms with Crippen LogP contribution >= 0.6 is 0 Å². The number of hydrogen-bond donors (Lipinski definition) is 0. The van der Waals surface area contributed by atoms with Gasteiger partial charge >= 0.3 is 0 Å². The van der Waals surface area contributed by atoms with Gasteiger partial charge < -0.3 is 9.32 Å². The van der Waals surface area contributed by atoms with E-state index in [1.165, 1.54) is 22.5 Å². The van der Waals surface area contributed by atoms with Crippen LogP contribution in [0, 0.1) is 12.7 Å². The molecule has 0 saturated carbocycles. The minimum Gasteiger partial charge on any atom is -0.460 e. The number of benzene rings is 2. The number of piperazine rings is 1. The molecule has 0 atom stereocenters. The molecule has 0 spiro atoms. The van der Waals surface area contributed by atoms with Crippen molar-refractivity contribution < 1.29 is 22.0 Å². The third-order valence-corrected chi connectivity index (χ3v) is 7.85. The molecule has 0 aliphatic carbocycles. The number of halogens is 1. The molecule has 3 heterocycles. The summed E-state index contributed by atoms with van der Waals surface area (Å²) in [6, 6.07) is 18.0. The van der Waals surface area contributed by atoms with E-state index in [0.29, 0.717) is 27.9 Å². The number of sulfonamides is 1. The molecule has 0 bridgehead atoms. The van der Waals surface area contributed by atoms with Gasteiger partial charge in [0.05, 0.1) is 11.1 Å². The second kappa shape index (κ2) is 8.66. The van der Waals surface area contributed by atoms with Crippen LogP contribution in [-0.2, 0) is 10.0 Å². The van der Waals surface area contributed by atoms with Gasteiger partial charge in [0.15, 0.2) is 5.76 Å². The SMILES string of the molecule is Cc1ccc(-c2cc(C(=O)N3CCN(S(=O)(=O)c4ccccc4F)CC3)c3ccccc3n2)o1. The summed E-state index contributed by atoms with van der Waals surface area (Å²) < 4.78 is 46.8. The summed E-state index contributed by atoms with van der Waals surface area (Å²) in [6.07, 6.45) is 0. The van der Waals surface area contributed by atoms with Crippen LogP contribution in [0.15, 0.2) is 76.0 Å². The van der Waals surface area contributed by atoms with Crippen LogP contribution in [0.3, 0.4) is 0 Å². The number of nitrogens with zero attached hydrogens (tertiary/aromatic N) is 3. The summed E-state index contributed by atoms with van der Waals surface area (Å²) in [5.74, 6) is 0.305. The zero-order chi connectivity index (χ0) is 23.9. The first kappa shape index (κ1) is 22.2. The summed E-state index contributed by atoms with van der Waals surface area (Å²) in [4.78, 5) is 19.4. The number of para-hydroxylation sites is 1. The fourth-order valence-electron chi connectivity index (χ4n) is 4.15. The van der Waals surface area contributed by atoms with E-state index in [0.717, 1.165) is 11.8 Å². The Morgan fingerprint density at radius 1 is 0.971 bits per heavy atom. The van der Waals surface area contributed by atoms with Crippen molar-refractivity contribution in [2.24, 2.45) is 0 Å². The molecule has 5 rings (SSSR count). The van der Waals surface area contributed by atoms with Crippen molar-refractivity contribution in [3.8, 4) is 11.5 Å². The lowest BCUT2D eigenvalue weighted by Crippen LogP contribution is -2.50. The number of rotatable bonds is 4. The number of hydrogen-bond acceptors (Lipinski definition) is 5. The van der Waals surface area contributed by atoms with Crippen LogP contribution in [-0.4, -0.2) is 54.7 Å². The molecular weight excluding hydrogens is 457 g/mol. The smallest absolute Gasteiger partial charge is 0.254 e. The van der Waals surface area contributed by atoms with Crippen molar-refractivity contribution in [2.45, 2.75) is 11.8 Å². The molecule has 2 aromatic heterocycles. The highest BCUT2D eigenvalue weighted by molar-refractivity contribution is 7.89. The summed E-state index contributed by atoms with van der Waals surface area (Å²) in [6.45, 7) is 2.38. The molecule has 0 radical (unpaired) electrons. The van der Waals surface area contributed by atoms with Gasteiger partial charge in [0, 0.05) is 31.6 Å². The van der Waals surface area contributed by atoms with Gasteiger partial charge in [-0.2, -0.15) is 4.31 Å². The Labute approximate surface area is 196 Å². The highest BCUT2D eigenvalue weighted by atomic mass is 32.2. The van der Waals surface area contributed by atoms with Crippen molar-refractivity contribution >= 4 is 26.8 Å². The van der Waals surface area contributed by atoms with Crippen molar-refractivity contribution in [3.05, 3.63) is 83.9 Å². The molecule has 0 unspecified atom stereocenters. The standard InChI is InChI=1S/C25H22FN3O4S/c1-17-10-11-23(33-17)22-16-19(18-6-2-4-8-21(18)27-22)25(30)28-12-14-29(15-13-28)34(31,32)24-9-5-3-7-20(24)26/h2-11,16H,12-15H2,1H3. The zero-order valence-electron chi connectivity index (χ0n) is 18.4. The molecule has 34 heavy (non-hydrogen) atoms. The maximum absolute atomic E-state index is 14.1. The first-order chi connectivity index (χ1) is 16.3. The van der Waals surface area contributed by atoms with Gasteiger partial charge in [0.1, 0.15) is 22.2 Å². The minimum absolute atomic E-state index is 0.0790. The van der Waals surface area contributed by atoms with Crippen LogP contribution in [0.5, 0.6) is 0 Å². The second-order valence-electron chi connectivity index (χ2n) is 8.11. The number of fused-ring (bicyclic) bond motifs is 1. The molecule has 1 saturated heterocycles. The lowest BCUT2D eigenvalue weighted by atomic mass is 10.1. The maximum Gasteiger partial charge on any atom is 0.254 e. The van der Waals surface area contributed by atoms with Crippen LogP contribution in [0.25, 0.3) is 22.4 Å². The largest absolute Gasteiger partial charge is 0.460 e. The zero-order valence-corrected chi connectivity index (χ0v) is 19.3. The fourth-order valence-corrected chi connectivity index (χ4v) is 5.63. The minimum atomic E-state index is -3.98. The van der Waals surface area contributed by atoms with Crippen molar-refractivity contribution in [3.63, 3.8) is 0 Å². The Hall–Kier alpha value is -3.56. The molecule has 7 nitrogen and oxygen atoms in total. The Morgan fingerprint density at radius 3 is 2.38 bits per heavy atom. The van der Waals surface area contributed by atoms with Gasteiger partial charge in [-0.25, -0.2) is 17.8 Å². The third-order valence-electron chi connectivity index (χ3n) is 5.92. The van der Waals surface area contributed by atoms with E-state index in [1.54, 1.807) is 11.0 Å². The van der Waals surface area contributed by atoms with Crippen LogP contribution in [0.2, 0.25) is 0 Å². The molecule has 2 aromatic carbocycles. The van der Waals surface area contributed by atoms with Gasteiger partial charge in [-0.15, -0.1) is 0 Å². The van der Waals surface area contributed by atoms with E-state index in [2.05, 4.69) is 4.98 Å². The number of carbonyl (C=O) groups excluding carboxylic acids is 1. The lowest BCUT2D eigenvalue weighted by molar-refractivity contribution is 0.0699. The Morgan fingerprint density at radius 2 is 1.68 bits per heavy atom. The second-order valence-corrected chi connectivity index (χ2v) is 10.0. The van der Waals surface area contributed by atoms with E-state index in [9.17, 15) is 17.6 Å². The number of aromatic nitrogens is 1. The first-order valence-electron chi connectivity index (χ1n) is 10.8. The molecule has 174 valence electrons. The van der Waals surface area contributed by atoms with Crippen LogP contribution < -0.4 is 0 Å². The molecule has 1 aliphatic rings. The number of aryl methyl sites for hydroxylation is 1. The summed E-state index contributed by atoms with van der Waals surface area (Å²) >= 11 is 0. The van der Waals surface area contributed by atoms with E-state index in [4.69, 9.17) is 4.42 Å². The summed E-state index contributed by atoms with van der Waals surface area (Å²) in [5.41, 5.74) is 1.69. The fraction of sp³-hybridized carbons (Fsp3) is 0.200. The van der Waals surface area contributed by atoms with E-state index in [1.807, 2.05) is 43.3 Å². The molecular formula is C25H22FN3O4S. The van der Waals surface area contributed by atoms with E-state index in [-0.39, 0.29) is 37.0 Å². The number of carbonyl (C=O) groups is 1. The van der Waals surface area contributed by atoms with Gasteiger partial charge in [-0.3, -0.25) is 4.79 Å². The molecule has 0 N–H and O–H groups in total. The Balaban J connectivity index is 1.42. The number of amides is 1. The molecule has 4 aromatic rings. The van der Waals surface area contributed by atoms with Gasteiger partial charge in [0.25, 0.3) is 5.91 Å². The van der Waals surface area contributed by atoms with Crippen molar-refractivity contribution in [1.29, 1.82) is 0 Å². The molecule has 1 amide bonds. The van der Waals surface area contributed by atoms with Gasteiger partial charge in [0.2, 0.25) is 10.0 Å². The van der Waals surface area contributed by atoms with Crippen molar-refractivity contribution in [1.82, 2.24) is 14.2 Å². The monoisotopic (exact) mass is 479 g/mol. The van der Waals surface area contributed by atoms with Gasteiger partial charge in [-0.05, 0) is 43.3 Å². The van der Waals surface area contributed by atoms with E-state index < -0.39 is 15.8 Å². The van der Waals surface area contributed by atoms with Crippen LogP contribution in [0.4, 0.5) is 4.39 Å². The third kappa shape index (κ3) is 3.97. The predicted octanol–water partition coefficient (Wildman–Crippen LogP) is 4.09. The summed E-state index contributed by atoms with van der Waals surface area (Å²) in [5, 5.41) is 0.709. The predicted molar refractivity (Wildman–Crippen MR) is 125 cm³/mol. The molecule has 1 fully saturated rings. The number of pyridine rings is 1. The molecule has 9 heteroatoms. The quantitative estimate of drug-likeness (QED) is 0.440. The highest BCUT2D eigenvalue weighted by Crippen LogP contribution is 2.28. The average Bonchev–Trinajstić information content (AvgIpc) is 3.29. The van der Waals surface area contributed by atoms with Crippen molar-refractivity contribution in [2.75, 3.05) is 26.2 Å². The average molecular weight is 480 g/mol. The topological polar surface area (TPSA) is 83.7 Å². The molecule has 1 aliphatic heterocycles.